The predicted molar refractivity (Wildman–Crippen MR) is 95.5 cm³/mol. The first-order valence-corrected chi connectivity index (χ1v) is 10.1. The maximum atomic E-state index is 15.0. The molecule has 0 spiro atoms. The fraction of sp³-hybridized carbons (Fsp3) is 0.529. The molecule has 0 saturated carbocycles. The quantitative estimate of drug-likeness (QED) is 0.728. The van der Waals surface area contributed by atoms with Gasteiger partial charge in [-0.2, -0.15) is 9.57 Å². The van der Waals surface area contributed by atoms with E-state index in [1.807, 2.05) is 0 Å². The average Bonchev–Trinajstić information content (AvgIpc) is 2.91. The fourth-order valence-electron chi connectivity index (χ4n) is 3.17. The highest BCUT2D eigenvalue weighted by Crippen LogP contribution is 2.40. The van der Waals surface area contributed by atoms with Gasteiger partial charge in [0.05, 0.1) is 25.4 Å². The molecule has 1 aromatic rings. The van der Waals surface area contributed by atoms with E-state index in [9.17, 15) is 18.3 Å². The molecule has 0 unspecified atom stereocenters. The van der Waals surface area contributed by atoms with E-state index in [1.165, 1.54) is 14.0 Å². The Morgan fingerprint density at radius 2 is 2.04 bits per heavy atom. The number of likely N-dealkylation sites (tertiary alicyclic amines) is 1. The van der Waals surface area contributed by atoms with Gasteiger partial charge in [0.1, 0.15) is 17.8 Å². The Bertz CT molecular complexity index is 855. The van der Waals surface area contributed by atoms with Gasteiger partial charge in [-0.1, -0.05) is 12.1 Å². The minimum absolute atomic E-state index is 0.354. The molecule has 28 heavy (non-hydrogen) atoms. The van der Waals surface area contributed by atoms with Crippen LogP contribution in [0, 0.1) is 11.3 Å². The smallest absolute Gasteiger partial charge is 0.407 e. The van der Waals surface area contributed by atoms with E-state index in [1.54, 1.807) is 30.3 Å². The lowest BCUT2D eigenvalue weighted by molar-refractivity contribution is -0.0629. The summed E-state index contributed by atoms with van der Waals surface area (Å²) in [5, 5.41) is 18.1. The van der Waals surface area contributed by atoms with E-state index in [2.05, 4.69) is 0 Å². The minimum Gasteiger partial charge on any atom is -0.497 e. The molecule has 8 nitrogen and oxygen atoms in total. The molecule has 1 aliphatic rings. The number of alkyl halides is 2. The van der Waals surface area contributed by atoms with Crippen molar-refractivity contribution < 1.29 is 31.8 Å². The van der Waals surface area contributed by atoms with Crippen LogP contribution in [0.4, 0.5) is 13.6 Å². The summed E-state index contributed by atoms with van der Waals surface area (Å²) in [4.78, 5) is 11.8. The first-order valence-electron chi connectivity index (χ1n) is 8.45. The fourth-order valence-corrected chi connectivity index (χ4v) is 4.44. The average molecular weight is 417 g/mol. The third-order valence-corrected chi connectivity index (χ3v) is 6.56. The number of ether oxygens (including phenoxy) is 1. The molecule has 1 amide bonds. The van der Waals surface area contributed by atoms with Crippen molar-refractivity contribution in [1.82, 2.24) is 9.21 Å². The number of rotatable bonds is 7. The lowest BCUT2D eigenvalue weighted by Crippen LogP contribution is -2.52. The molecule has 154 valence electrons. The molecule has 1 aromatic carbocycles. The highest BCUT2D eigenvalue weighted by Gasteiger charge is 2.61. The standard InChI is InChI=1S/C17H21F2N3O5S/c1-3-28(25,26)22(10-12-4-6-13(27-2)7-5-12)15-11-21(16(23)24)14(8-9-20)17(15,18)19/h4-7,14-15H,3,8,10-11H2,1-2H3,(H,23,24)/t14-,15-/m1/s1. The van der Waals surface area contributed by atoms with E-state index < -0.39 is 52.8 Å². The number of nitriles is 1. The predicted octanol–water partition coefficient (Wildman–Crippen LogP) is 2.13. The Morgan fingerprint density at radius 1 is 1.43 bits per heavy atom. The molecule has 1 aliphatic heterocycles. The van der Waals surface area contributed by atoms with Crippen LogP contribution in [-0.2, 0) is 16.6 Å². The third-order valence-electron chi connectivity index (χ3n) is 4.73. The Kier molecular flexibility index (Phi) is 6.46. The zero-order chi connectivity index (χ0) is 21.1. The largest absolute Gasteiger partial charge is 0.497 e. The van der Waals surface area contributed by atoms with Crippen LogP contribution < -0.4 is 4.74 Å². The van der Waals surface area contributed by atoms with Crippen molar-refractivity contribution in [2.24, 2.45) is 0 Å². The van der Waals surface area contributed by atoms with Crippen molar-refractivity contribution >= 4 is 16.1 Å². The molecule has 1 N–H and O–H groups in total. The van der Waals surface area contributed by atoms with Crippen molar-refractivity contribution in [3.63, 3.8) is 0 Å². The summed E-state index contributed by atoms with van der Waals surface area (Å²) in [7, 11) is -2.64. The number of nitrogens with zero attached hydrogens (tertiary/aromatic N) is 3. The second-order valence-electron chi connectivity index (χ2n) is 6.30. The summed E-state index contributed by atoms with van der Waals surface area (Å²) in [6.45, 7) is 0.252. The molecular formula is C17H21F2N3O5S. The van der Waals surface area contributed by atoms with Crippen molar-refractivity contribution in [3.05, 3.63) is 29.8 Å². The number of hydrogen-bond donors (Lipinski definition) is 1. The monoisotopic (exact) mass is 417 g/mol. The van der Waals surface area contributed by atoms with E-state index in [0.717, 1.165) is 0 Å². The van der Waals surface area contributed by atoms with Crippen LogP contribution >= 0.6 is 0 Å². The number of amides is 1. The van der Waals surface area contributed by atoms with Crippen molar-refractivity contribution in [2.45, 2.75) is 37.9 Å². The number of benzene rings is 1. The molecule has 2 rings (SSSR count). The lowest BCUT2D eigenvalue weighted by Gasteiger charge is -2.32. The molecule has 0 aromatic heterocycles. The minimum atomic E-state index is -4.10. The summed E-state index contributed by atoms with van der Waals surface area (Å²) in [5.74, 6) is -3.62. The van der Waals surface area contributed by atoms with Crippen LogP contribution in [-0.4, -0.2) is 66.2 Å². The van der Waals surface area contributed by atoms with E-state index in [0.29, 0.717) is 20.5 Å². The Labute approximate surface area is 162 Å². The lowest BCUT2D eigenvalue weighted by atomic mass is 10.0. The van der Waals surface area contributed by atoms with Gasteiger partial charge in [-0.05, 0) is 24.6 Å². The van der Waals surface area contributed by atoms with E-state index in [4.69, 9.17) is 10.00 Å². The molecule has 0 aliphatic carbocycles. The van der Waals surface area contributed by atoms with Gasteiger partial charge in [-0.3, -0.25) is 4.90 Å². The molecule has 0 radical (unpaired) electrons. The topological polar surface area (TPSA) is 111 Å². The molecule has 1 heterocycles. The normalized spacial score (nSPS) is 21.5. The summed E-state index contributed by atoms with van der Waals surface area (Å²) in [6.07, 6.45) is -2.36. The maximum absolute atomic E-state index is 15.0. The van der Waals surface area contributed by atoms with Gasteiger partial charge in [-0.15, -0.1) is 0 Å². The van der Waals surface area contributed by atoms with Crippen LogP contribution in [0.1, 0.15) is 18.9 Å². The maximum Gasteiger partial charge on any atom is 0.407 e. The van der Waals surface area contributed by atoms with Gasteiger partial charge in [0.2, 0.25) is 10.0 Å². The van der Waals surface area contributed by atoms with Crippen LogP contribution in [0.25, 0.3) is 0 Å². The summed E-state index contributed by atoms with van der Waals surface area (Å²) >= 11 is 0. The molecule has 1 saturated heterocycles. The number of sulfonamides is 1. The number of carboxylic acid groups (broad SMARTS) is 1. The number of halogens is 2. The third kappa shape index (κ3) is 4.18. The van der Waals surface area contributed by atoms with Crippen molar-refractivity contribution in [3.8, 4) is 11.8 Å². The second-order valence-corrected chi connectivity index (χ2v) is 8.51. The first-order chi connectivity index (χ1) is 13.1. The highest BCUT2D eigenvalue weighted by molar-refractivity contribution is 7.89. The molecule has 2 atom stereocenters. The Hall–Kier alpha value is -2.45. The summed E-state index contributed by atoms with van der Waals surface area (Å²) in [6, 6.07) is 3.97. The van der Waals surface area contributed by atoms with Gasteiger partial charge in [-0.25, -0.2) is 22.0 Å². The van der Waals surface area contributed by atoms with Gasteiger partial charge in [0.25, 0.3) is 5.92 Å². The van der Waals surface area contributed by atoms with E-state index in [-0.39, 0.29) is 6.54 Å². The van der Waals surface area contributed by atoms with Crippen LogP contribution in [0.3, 0.4) is 0 Å². The van der Waals surface area contributed by atoms with Crippen LogP contribution in [0.5, 0.6) is 5.75 Å². The highest BCUT2D eigenvalue weighted by atomic mass is 32.2. The van der Waals surface area contributed by atoms with E-state index >= 15 is 8.78 Å². The van der Waals surface area contributed by atoms with Gasteiger partial charge in [0, 0.05) is 13.1 Å². The van der Waals surface area contributed by atoms with Gasteiger partial charge in [0.15, 0.2) is 0 Å². The zero-order valence-electron chi connectivity index (χ0n) is 15.4. The molecular weight excluding hydrogens is 396 g/mol. The van der Waals surface area contributed by atoms with Crippen molar-refractivity contribution in [2.75, 3.05) is 19.4 Å². The van der Waals surface area contributed by atoms with Crippen LogP contribution in [0.15, 0.2) is 24.3 Å². The SMILES string of the molecule is CCS(=O)(=O)N(Cc1ccc(OC)cc1)[C@@H]1CN(C(=O)O)[C@H](CC#N)C1(F)F. The van der Waals surface area contributed by atoms with Crippen LogP contribution in [0.2, 0.25) is 0 Å². The molecule has 11 heteroatoms. The Morgan fingerprint density at radius 3 is 2.50 bits per heavy atom. The Balaban J connectivity index is 2.45. The number of methoxy groups -OCH3 is 1. The first kappa shape index (κ1) is 21.8. The molecule has 1 fully saturated rings. The zero-order valence-corrected chi connectivity index (χ0v) is 16.2. The summed E-state index contributed by atoms with van der Waals surface area (Å²) in [5.41, 5.74) is 0.444. The number of carbonyl (C=O) groups is 1. The van der Waals surface area contributed by atoms with Gasteiger partial charge >= 0.3 is 6.09 Å². The van der Waals surface area contributed by atoms with Gasteiger partial charge < -0.3 is 9.84 Å². The second kappa shape index (κ2) is 8.28. The summed E-state index contributed by atoms with van der Waals surface area (Å²) < 4.78 is 60.9. The molecule has 0 bridgehead atoms. The van der Waals surface area contributed by atoms with Crippen molar-refractivity contribution in [1.29, 1.82) is 5.26 Å². The number of hydrogen-bond acceptors (Lipinski definition) is 5.